The van der Waals surface area contributed by atoms with E-state index in [-0.39, 0.29) is 18.2 Å². The van der Waals surface area contributed by atoms with Gasteiger partial charge in [0.2, 0.25) is 11.8 Å². The smallest absolute Gasteiger partial charge is 0.227 e. The molecule has 0 saturated carbocycles. The van der Waals surface area contributed by atoms with Crippen LogP contribution in [-0.4, -0.2) is 39.1 Å². The van der Waals surface area contributed by atoms with Crippen LogP contribution in [0.5, 0.6) is 11.5 Å². The maximum Gasteiger partial charge on any atom is 0.227 e. The zero-order valence-electron chi connectivity index (χ0n) is 16.5. The second-order valence-electron chi connectivity index (χ2n) is 6.61. The van der Waals surface area contributed by atoms with Crippen molar-refractivity contribution in [1.82, 2.24) is 0 Å². The molecule has 0 spiro atoms. The van der Waals surface area contributed by atoms with Gasteiger partial charge in [0, 0.05) is 42.7 Å². The van der Waals surface area contributed by atoms with Gasteiger partial charge >= 0.3 is 0 Å². The van der Waals surface area contributed by atoms with E-state index >= 15 is 0 Å². The van der Waals surface area contributed by atoms with Crippen LogP contribution in [0.3, 0.4) is 0 Å². The van der Waals surface area contributed by atoms with Crippen LogP contribution in [-0.2, 0) is 9.59 Å². The standard InChI is InChI=1S/C21H24ClN3O4/c1-28-18-8-5-14(22)12-16(18)23-10-9-20(26)24-15-6-7-17(19(13-15)29-2)25-11-3-4-21(25)27/h5-8,12-13,23H,3-4,9-11H2,1-2H3,(H,24,26). The van der Waals surface area contributed by atoms with E-state index in [9.17, 15) is 9.59 Å². The van der Waals surface area contributed by atoms with Gasteiger partial charge in [-0.15, -0.1) is 0 Å². The summed E-state index contributed by atoms with van der Waals surface area (Å²) in [6.07, 6.45) is 1.64. The number of hydrogen-bond acceptors (Lipinski definition) is 5. The summed E-state index contributed by atoms with van der Waals surface area (Å²) in [4.78, 5) is 26.0. The quantitative estimate of drug-likeness (QED) is 0.680. The molecule has 0 bridgehead atoms. The van der Waals surface area contributed by atoms with Crippen molar-refractivity contribution in [1.29, 1.82) is 0 Å². The van der Waals surface area contributed by atoms with Gasteiger partial charge in [-0.05, 0) is 36.8 Å². The number of carbonyl (C=O) groups is 2. The lowest BCUT2D eigenvalue weighted by atomic mass is 10.2. The molecule has 29 heavy (non-hydrogen) atoms. The fraction of sp³-hybridized carbons (Fsp3) is 0.333. The van der Waals surface area contributed by atoms with Crippen LogP contribution in [0, 0.1) is 0 Å². The normalized spacial score (nSPS) is 13.3. The summed E-state index contributed by atoms with van der Waals surface area (Å²) in [5, 5.41) is 6.59. The molecule has 2 aromatic rings. The van der Waals surface area contributed by atoms with E-state index in [1.165, 1.54) is 0 Å². The number of hydrogen-bond donors (Lipinski definition) is 2. The number of rotatable bonds is 8. The Morgan fingerprint density at radius 1 is 1.14 bits per heavy atom. The van der Waals surface area contributed by atoms with Gasteiger partial charge in [-0.1, -0.05) is 11.6 Å². The first-order valence-corrected chi connectivity index (χ1v) is 9.75. The lowest BCUT2D eigenvalue weighted by Crippen LogP contribution is -2.24. The largest absolute Gasteiger partial charge is 0.495 e. The Kier molecular flexibility index (Phi) is 6.82. The fourth-order valence-electron chi connectivity index (χ4n) is 3.23. The van der Waals surface area contributed by atoms with Crippen LogP contribution in [0.2, 0.25) is 5.02 Å². The van der Waals surface area contributed by atoms with Crippen molar-refractivity contribution in [3.8, 4) is 11.5 Å². The van der Waals surface area contributed by atoms with E-state index in [1.54, 1.807) is 55.5 Å². The molecule has 1 aliphatic heterocycles. The summed E-state index contributed by atoms with van der Waals surface area (Å²) in [7, 11) is 3.13. The molecule has 1 fully saturated rings. The van der Waals surface area contributed by atoms with Crippen LogP contribution >= 0.6 is 11.6 Å². The maximum atomic E-state index is 12.3. The molecule has 154 valence electrons. The van der Waals surface area contributed by atoms with Gasteiger partial charge in [0.1, 0.15) is 11.5 Å². The molecule has 0 radical (unpaired) electrons. The lowest BCUT2D eigenvalue weighted by molar-refractivity contribution is -0.117. The van der Waals surface area contributed by atoms with E-state index in [2.05, 4.69) is 10.6 Å². The second-order valence-corrected chi connectivity index (χ2v) is 7.04. The summed E-state index contributed by atoms with van der Waals surface area (Å²) in [6, 6.07) is 10.6. The second kappa shape index (κ2) is 9.52. The molecule has 2 amide bonds. The first-order valence-electron chi connectivity index (χ1n) is 9.37. The minimum atomic E-state index is -0.148. The van der Waals surface area contributed by atoms with Crippen molar-refractivity contribution >= 4 is 40.5 Å². The van der Waals surface area contributed by atoms with Crippen molar-refractivity contribution in [2.45, 2.75) is 19.3 Å². The number of nitrogens with zero attached hydrogens (tertiary/aromatic N) is 1. The minimum Gasteiger partial charge on any atom is -0.495 e. The lowest BCUT2D eigenvalue weighted by Gasteiger charge is -2.19. The molecule has 1 aliphatic rings. The monoisotopic (exact) mass is 417 g/mol. The number of nitrogens with one attached hydrogen (secondary N) is 2. The molecule has 0 unspecified atom stereocenters. The molecule has 7 nitrogen and oxygen atoms in total. The maximum absolute atomic E-state index is 12.3. The van der Waals surface area contributed by atoms with E-state index in [0.717, 1.165) is 17.8 Å². The number of methoxy groups -OCH3 is 2. The van der Waals surface area contributed by atoms with Crippen molar-refractivity contribution in [3.63, 3.8) is 0 Å². The van der Waals surface area contributed by atoms with Crippen molar-refractivity contribution in [2.24, 2.45) is 0 Å². The van der Waals surface area contributed by atoms with Gasteiger partial charge in [-0.3, -0.25) is 9.59 Å². The van der Waals surface area contributed by atoms with Gasteiger partial charge in [-0.25, -0.2) is 0 Å². The van der Waals surface area contributed by atoms with Crippen LogP contribution in [0.1, 0.15) is 19.3 Å². The number of halogens is 1. The van der Waals surface area contributed by atoms with Crippen LogP contribution in [0.15, 0.2) is 36.4 Å². The Hall–Kier alpha value is -2.93. The molecule has 1 heterocycles. The van der Waals surface area contributed by atoms with Gasteiger partial charge < -0.3 is 25.0 Å². The van der Waals surface area contributed by atoms with Crippen molar-refractivity contribution in [2.75, 3.05) is 42.8 Å². The SMILES string of the molecule is COc1ccc(Cl)cc1NCCC(=O)Nc1ccc(N2CCCC2=O)c(OC)c1. The van der Waals surface area contributed by atoms with E-state index in [4.69, 9.17) is 21.1 Å². The number of anilines is 3. The van der Waals surface area contributed by atoms with Gasteiger partial charge in [0.15, 0.2) is 0 Å². The molecule has 2 N–H and O–H groups in total. The first kappa shape index (κ1) is 20.8. The van der Waals surface area contributed by atoms with Crippen molar-refractivity contribution in [3.05, 3.63) is 41.4 Å². The van der Waals surface area contributed by atoms with Crippen LogP contribution < -0.4 is 25.0 Å². The third-order valence-corrected chi connectivity index (χ3v) is 4.89. The molecular formula is C21H24ClN3O4. The van der Waals surface area contributed by atoms with Crippen LogP contribution in [0.25, 0.3) is 0 Å². The fourth-order valence-corrected chi connectivity index (χ4v) is 3.41. The predicted molar refractivity (Wildman–Crippen MR) is 114 cm³/mol. The Bertz CT molecular complexity index is 903. The minimum absolute atomic E-state index is 0.0857. The highest BCUT2D eigenvalue weighted by molar-refractivity contribution is 6.30. The third-order valence-electron chi connectivity index (χ3n) is 4.66. The predicted octanol–water partition coefficient (Wildman–Crippen LogP) is 3.92. The molecule has 2 aromatic carbocycles. The van der Waals surface area contributed by atoms with E-state index in [0.29, 0.717) is 41.7 Å². The highest BCUT2D eigenvalue weighted by Crippen LogP contribution is 2.34. The van der Waals surface area contributed by atoms with Crippen molar-refractivity contribution < 1.29 is 19.1 Å². The summed E-state index contributed by atoms with van der Waals surface area (Å²) < 4.78 is 10.7. The van der Waals surface area contributed by atoms with Crippen LogP contribution in [0.4, 0.5) is 17.1 Å². The molecular weight excluding hydrogens is 394 g/mol. The Morgan fingerprint density at radius 3 is 2.62 bits per heavy atom. The van der Waals surface area contributed by atoms with E-state index in [1.807, 2.05) is 0 Å². The summed E-state index contributed by atoms with van der Waals surface area (Å²) in [6.45, 7) is 1.10. The molecule has 0 aliphatic carbocycles. The summed E-state index contributed by atoms with van der Waals surface area (Å²) >= 11 is 6.01. The Balaban J connectivity index is 1.58. The highest BCUT2D eigenvalue weighted by atomic mass is 35.5. The Morgan fingerprint density at radius 2 is 1.93 bits per heavy atom. The first-order chi connectivity index (χ1) is 14.0. The van der Waals surface area contributed by atoms with Gasteiger partial charge in [0.25, 0.3) is 0 Å². The Labute approximate surface area is 174 Å². The highest BCUT2D eigenvalue weighted by Gasteiger charge is 2.24. The number of carbonyl (C=O) groups excluding carboxylic acids is 2. The molecule has 8 heteroatoms. The molecule has 1 saturated heterocycles. The average Bonchev–Trinajstić information content (AvgIpc) is 3.13. The topological polar surface area (TPSA) is 79.9 Å². The number of benzene rings is 2. The zero-order valence-corrected chi connectivity index (χ0v) is 17.2. The summed E-state index contributed by atoms with van der Waals surface area (Å²) in [5.41, 5.74) is 2.07. The zero-order chi connectivity index (χ0) is 20.8. The molecule has 0 aromatic heterocycles. The number of ether oxygens (including phenoxy) is 2. The summed E-state index contributed by atoms with van der Waals surface area (Å²) in [5.74, 6) is 1.15. The third kappa shape index (κ3) is 5.12. The van der Waals surface area contributed by atoms with Gasteiger partial charge in [-0.2, -0.15) is 0 Å². The van der Waals surface area contributed by atoms with Gasteiger partial charge in [0.05, 0.1) is 25.6 Å². The average molecular weight is 418 g/mol. The van der Waals surface area contributed by atoms with E-state index < -0.39 is 0 Å². The molecule has 0 atom stereocenters. The molecule has 3 rings (SSSR count). The number of amides is 2.